The number of hydrogen-bond acceptors (Lipinski definition) is 6. The highest BCUT2D eigenvalue weighted by Gasteiger charge is 2.15. The van der Waals surface area contributed by atoms with E-state index in [2.05, 4.69) is 42.3 Å². The molecule has 21 heavy (non-hydrogen) atoms. The van der Waals surface area contributed by atoms with Gasteiger partial charge in [0, 0.05) is 18.6 Å². The van der Waals surface area contributed by atoms with Crippen LogP contribution in [0.5, 0.6) is 5.88 Å². The molecular weight excluding hydrogens is 270 g/mol. The van der Waals surface area contributed by atoms with E-state index in [9.17, 15) is 4.79 Å². The normalized spacial score (nSPS) is 11.2. The van der Waals surface area contributed by atoms with Gasteiger partial charge in [0.2, 0.25) is 5.88 Å². The van der Waals surface area contributed by atoms with Crippen molar-refractivity contribution >= 4 is 11.7 Å². The molecule has 2 N–H and O–H groups in total. The fraction of sp³-hybridized carbons (Fsp3) is 0.600. The molecule has 0 radical (unpaired) electrons. The molecule has 1 rings (SSSR count). The molecule has 0 spiro atoms. The van der Waals surface area contributed by atoms with Gasteiger partial charge in [0.15, 0.2) is 5.69 Å². The molecule has 1 aromatic rings. The van der Waals surface area contributed by atoms with Gasteiger partial charge < -0.3 is 15.2 Å². The summed E-state index contributed by atoms with van der Waals surface area (Å²) in [5.74, 6) is -0.240. The lowest BCUT2D eigenvalue weighted by Gasteiger charge is -2.30. The Morgan fingerprint density at radius 2 is 1.90 bits per heavy atom. The van der Waals surface area contributed by atoms with Gasteiger partial charge in [-0.25, -0.2) is 9.78 Å². The van der Waals surface area contributed by atoms with Crippen molar-refractivity contribution < 1.29 is 14.3 Å². The van der Waals surface area contributed by atoms with Crippen molar-refractivity contribution in [2.75, 3.05) is 26.0 Å². The highest BCUT2D eigenvalue weighted by molar-refractivity contribution is 5.87. The first-order valence-electron chi connectivity index (χ1n) is 7.10. The number of methoxy groups -OCH3 is 1. The van der Waals surface area contributed by atoms with Crippen molar-refractivity contribution in [3.05, 3.63) is 17.8 Å². The van der Waals surface area contributed by atoms with Crippen molar-refractivity contribution in [2.45, 2.75) is 39.8 Å². The number of rotatable bonds is 7. The van der Waals surface area contributed by atoms with E-state index in [4.69, 9.17) is 10.5 Å². The standard InChI is InChI=1S/C15H25N3O3/c1-10(2)18(11(3)4)8-9-21-14-12(16)6-7-13(17-14)15(19)20-5/h6-7,10-11H,8-9,16H2,1-5H3. The number of pyridine rings is 1. The average Bonchev–Trinajstić information content (AvgIpc) is 2.43. The molecule has 0 aliphatic heterocycles. The van der Waals surface area contributed by atoms with Gasteiger partial charge in [-0.3, -0.25) is 4.90 Å². The van der Waals surface area contributed by atoms with Crippen molar-refractivity contribution in [2.24, 2.45) is 0 Å². The summed E-state index contributed by atoms with van der Waals surface area (Å²) in [5, 5.41) is 0. The fourth-order valence-corrected chi connectivity index (χ4v) is 2.15. The Balaban J connectivity index is 2.68. The number of nitrogens with zero attached hydrogens (tertiary/aromatic N) is 2. The lowest BCUT2D eigenvalue weighted by molar-refractivity contribution is 0.0592. The summed E-state index contributed by atoms with van der Waals surface area (Å²) in [5.41, 5.74) is 6.41. The van der Waals surface area contributed by atoms with Gasteiger partial charge in [0.25, 0.3) is 0 Å². The molecule has 0 fully saturated rings. The lowest BCUT2D eigenvalue weighted by atomic mass is 10.2. The van der Waals surface area contributed by atoms with Gasteiger partial charge in [0.05, 0.1) is 12.8 Å². The van der Waals surface area contributed by atoms with Crippen LogP contribution < -0.4 is 10.5 Å². The first-order chi connectivity index (χ1) is 9.86. The second-order valence-electron chi connectivity index (χ2n) is 5.36. The summed E-state index contributed by atoms with van der Waals surface area (Å²) in [6.45, 7) is 9.79. The smallest absolute Gasteiger partial charge is 0.356 e. The maximum absolute atomic E-state index is 11.4. The van der Waals surface area contributed by atoms with Crippen LogP contribution in [0.3, 0.4) is 0 Å². The third-order valence-corrected chi connectivity index (χ3v) is 3.20. The van der Waals surface area contributed by atoms with E-state index in [0.717, 1.165) is 6.54 Å². The summed E-state index contributed by atoms with van der Waals surface area (Å²) in [7, 11) is 1.31. The Hall–Kier alpha value is -1.82. The van der Waals surface area contributed by atoms with E-state index < -0.39 is 5.97 Å². The van der Waals surface area contributed by atoms with Gasteiger partial charge in [-0.05, 0) is 39.8 Å². The zero-order chi connectivity index (χ0) is 16.0. The molecule has 0 saturated carbocycles. The van der Waals surface area contributed by atoms with Gasteiger partial charge in [-0.1, -0.05) is 0 Å². The molecule has 118 valence electrons. The number of ether oxygens (including phenoxy) is 2. The summed E-state index contributed by atoms with van der Waals surface area (Å²) in [4.78, 5) is 17.8. The molecule has 0 bridgehead atoms. The highest BCUT2D eigenvalue weighted by atomic mass is 16.5. The Kier molecular flexibility index (Phi) is 6.42. The van der Waals surface area contributed by atoms with Crippen LogP contribution in [0.15, 0.2) is 12.1 Å². The first kappa shape index (κ1) is 17.2. The van der Waals surface area contributed by atoms with Crippen molar-refractivity contribution in [1.29, 1.82) is 0 Å². The highest BCUT2D eigenvalue weighted by Crippen LogP contribution is 2.19. The van der Waals surface area contributed by atoms with Crippen molar-refractivity contribution in [1.82, 2.24) is 9.88 Å². The van der Waals surface area contributed by atoms with E-state index in [1.54, 1.807) is 6.07 Å². The van der Waals surface area contributed by atoms with E-state index in [1.807, 2.05) is 0 Å². The largest absolute Gasteiger partial charge is 0.475 e. The van der Waals surface area contributed by atoms with E-state index >= 15 is 0 Å². The molecule has 1 heterocycles. The average molecular weight is 295 g/mol. The minimum absolute atomic E-state index is 0.186. The van der Waals surface area contributed by atoms with E-state index in [1.165, 1.54) is 13.2 Å². The second-order valence-corrected chi connectivity index (χ2v) is 5.36. The number of carbonyl (C=O) groups excluding carboxylic acids is 1. The maximum Gasteiger partial charge on any atom is 0.356 e. The molecule has 6 nitrogen and oxygen atoms in total. The third kappa shape index (κ3) is 4.90. The van der Waals surface area contributed by atoms with Crippen LogP contribution >= 0.6 is 0 Å². The number of nitrogens with two attached hydrogens (primary N) is 1. The Morgan fingerprint density at radius 3 is 2.43 bits per heavy atom. The Bertz CT molecular complexity index is 467. The lowest BCUT2D eigenvalue weighted by Crippen LogP contribution is -2.39. The molecule has 0 unspecified atom stereocenters. The van der Waals surface area contributed by atoms with Crippen LogP contribution in [-0.2, 0) is 4.74 Å². The molecule has 0 saturated heterocycles. The second kappa shape index (κ2) is 7.83. The number of anilines is 1. The Labute approximate surface area is 126 Å². The number of nitrogen functional groups attached to an aromatic ring is 1. The molecule has 6 heteroatoms. The van der Waals surface area contributed by atoms with E-state index in [-0.39, 0.29) is 11.6 Å². The van der Waals surface area contributed by atoms with Crippen molar-refractivity contribution in [3.8, 4) is 5.88 Å². The molecular formula is C15H25N3O3. The van der Waals surface area contributed by atoms with Crippen LogP contribution in [-0.4, -0.2) is 48.2 Å². The molecule has 0 aromatic carbocycles. The molecule has 0 atom stereocenters. The quantitative estimate of drug-likeness (QED) is 0.775. The Morgan fingerprint density at radius 1 is 1.29 bits per heavy atom. The first-order valence-corrected chi connectivity index (χ1v) is 7.10. The van der Waals surface area contributed by atoms with Gasteiger partial charge in [-0.2, -0.15) is 0 Å². The number of hydrogen-bond donors (Lipinski definition) is 1. The maximum atomic E-state index is 11.4. The van der Waals surface area contributed by atoms with Crippen molar-refractivity contribution in [3.63, 3.8) is 0 Å². The number of carbonyl (C=O) groups is 1. The van der Waals surface area contributed by atoms with Crippen LogP contribution in [0.4, 0.5) is 5.69 Å². The minimum atomic E-state index is -0.508. The zero-order valence-electron chi connectivity index (χ0n) is 13.4. The van der Waals surface area contributed by atoms with Crippen LogP contribution in [0, 0.1) is 0 Å². The number of esters is 1. The molecule has 0 aliphatic rings. The third-order valence-electron chi connectivity index (χ3n) is 3.20. The van der Waals surface area contributed by atoms with Crippen LogP contribution in [0.2, 0.25) is 0 Å². The van der Waals surface area contributed by atoms with E-state index in [0.29, 0.717) is 24.4 Å². The summed E-state index contributed by atoms with van der Waals surface area (Å²) < 4.78 is 10.2. The number of aromatic nitrogens is 1. The predicted molar refractivity (Wildman–Crippen MR) is 82.5 cm³/mol. The van der Waals surface area contributed by atoms with Gasteiger partial charge in [-0.15, -0.1) is 0 Å². The van der Waals surface area contributed by atoms with Crippen LogP contribution in [0.1, 0.15) is 38.2 Å². The summed E-state index contributed by atoms with van der Waals surface area (Å²) in [6, 6.07) is 3.97. The van der Waals surface area contributed by atoms with Gasteiger partial charge in [0.1, 0.15) is 6.61 Å². The SMILES string of the molecule is COC(=O)c1ccc(N)c(OCCN(C(C)C)C(C)C)n1. The molecule has 1 aromatic heterocycles. The predicted octanol–water partition coefficient (Wildman–Crippen LogP) is 1.95. The molecule has 0 amide bonds. The zero-order valence-corrected chi connectivity index (χ0v) is 13.4. The summed E-state index contributed by atoms with van der Waals surface area (Å²) >= 11 is 0. The monoisotopic (exact) mass is 295 g/mol. The minimum Gasteiger partial charge on any atom is -0.475 e. The molecule has 0 aliphatic carbocycles. The topological polar surface area (TPSA) is 77.7 Å². The fourth-order valence-electron chi connectivity index (χ4n) is 2.15. The van der Waals surface area contributed by atoms with Gasteiger partial charge >= 0.3 is 5.97 Å². The van der Waals surface area contributed by atoms with Crippen LogP contribution in [0.25, 0.3) is 0 Å². The summed E-state index contributed by atoms with van der Waals surface area (Å²) in [6.07, 6.45) is 0.